The summed E-state index contributed by atoms with van der Waals surface area (Å²) in [7, 11) is 3.13. The van der Waals surface area contributed by atoms with Crippen molar-refractivity contribution < 1.29 is 14.3 Å². The third kappa shape index (κ3) is 4.71. The summed E-state index contributed by atoms with van der Waals surface area (Å²) in [4.78, 5) is 11.1. The van der Waals surface area contributed by atoms with Gasteiger partial charge in [0.05, 0.1) is 13.7 Å². The zero-order chi connectivity index (χ0) is 15.7. The molecule has 1 aromatic rings. The summed E-state index contributed by atoms with van der Waals surface area (Å²) in [5, 5.41) is 0. The molecule has 0 heterocycles. The van der Waals surface area contributed by atoms with E-state index in [-0.39, 0.29) is 11.4 Å². The van der Waals surface area contributed by atoms with Gasteiger partial charge in [-0.3, -0.25) is 0 Å². The molecule has 0 aliphatic heterocycles. The molecule has 0 spiro atoms. The van der Waals surface area contributed by atoms with E-state index < -0.39 is 0 Å². The van der Waals surface area contributed by atoms with Crippen molar-refractivity contribution in [3.63, 3.8) is 0 Å². The number of hydrogen-bond acceptors (Lipinski definition) is 3. The number of rotatable bonds is 8. The van der Waals surface area contributed by atoms with Gasteiger partial charge in [0.15, 0.2) is 0 Å². The molecule has 0 aliphatic rings. The van der Waals surface area contributed by atoms with E-state index in [4.69, 9.17) is 4.74 Å². The van der Waals surface area contributed by atoms with E-state index in [1.807, 2.05) is 12.1 Å². The minimum absolute atomic E-state index is 0.0452. The van der Waals surface area contributed by atoms with Crippen LogP contribution in [0.4, 0.5) is 0 Å². The average molecular weight is 290 g/mol. The Bertz CT molecular complexity index is 451. The highest BCUT2D eigenvalue weighted by Gasteiger charge is 2.34. The highest BCUT2D eigenvalue weighted by Crippen LogP contribution is 2.37. The Kier molecular flexibility index (Phi) is 7.17. The first-order chi connectivity index (χ1) is 10.1. The Hall–Kier alpha value is -1.61. The van der Waals surface area contributed by atoms with E-state index in [9.17, 15) is 4.79 Å². The quantitative estimate of drug-likeness (QED) is 0.540. The van der Waals surface area contributed by atoms with E-state index >= 15 is 0 Å². The van der Waals surface area contributed by atoms with Crippen molar-refractivity contribution in [2.24, 2.45) is 5.92 Å². The van der Waals surface area contributed by atoms with Gasteiger partial charge in [-0.25, -0.2) is 4.79 Å². The van der Waals surface area contributed by atoms with Gasteiger partial charge in [0, 0.05) is 18.6 Å². The van der Waals surface area contributed by atoms with Gasteiger partial charge in [0.25, 0.3) is 0 Å². The smallest absolute Gasteiger partial charge is 0.330 e. The van der Waals surface area contributed by atoms with E-state index in [2.05, 4.69) is 42.8 Å². The summed E-state index contributed by atoms with van der Waals surface area (Å²) in [6.45, 7) is 5.10. The van der Waals surface area contributed by atoms with Crippen LogP contribution in [0.5, 0.6) is 0 Å². The van der Waals surface area contributed by atoms with Crippen LogP contribution < -0.4 is 0 Å². The maximum Gasteiger partial charge on any atom is 0.330 e. The van der Waals surface area contributed by atoms with Crippen molar-refractivity contribution in [3.05, 3.63) is 48.0 Å². The Morgan fingerprint density at radius 3 is 2.43 bits per heavy atom. The van der Waals surface area contributed by atoms with Gasteiger partial charge >= 0.3 is 5.97 Å². The Balaban J connectivity index is 2.92. The lowest BCUT2D eigenvalue weighted by Crippen LogP contribution is -2.37. The van der Waals surface area contributed by atoms with Crippen LogP contribution in [0.2, 0.25) is 0 Å². The molecule has 0 fully saturated rings. The van der Waals surface area contributed by atoms with Crippen molar-refractivity contribution in [2.75, 3.05) is 20.8 Å². The van der Waals surface area contributed by atoms with Crippen LogP contribution in [0.25, 0.3) is 0 Å². The molecular weight excluding hydrogens is 264 g/mol. The number of carbonyl (C=O) groups excluding carboxylic acids is 1. The topological polar surface area (TPSA) is 35.5 Å². The summed E-state index contributed by atoms with van der Waals surface area (Å²) >= 11 is 0. The number of hydrogen-bond donors (Lipinski definition) is 0. The number of benzene rings is 1. The molecule has 0 aromatic heterocycles. The predicted octanol–water partition coefficient (Wildman–Crippen LogP) is 3.74. The highest BCUT2D eigenvalue weighted by atomic mass is 16.5. The third-order valence-corrected chi connectivity index (χ3v) is 4.07. The van der Waals surface area contributed by atoms with Gasteiger partial charge in [-0.2, -0.15) is 0 Å². The summed E-state index contributed by atoms with van der Waals surface area (Å²) in [6, 6.07) is 10.5. The number of methoxy groups -OCH3 is 2. The molecule has 0 radical (unpaired) electrons. The monoisotopic (exact) mass is 290 g/mol. The number of esters is 1. The molecule has 0 saturated heterocycles. The highest BCUT2D eigenvalue weighted by molar-refractivity contribution is 5.81. The minimum atomic E-state index is -0.309. The van der Waals surface area contributed by atoms with E-state index in [0.29, 0.717) is 12.5 Å². The first-order valence-electron chi connectivity index (χ1n) is 7.35. The molecule has 0 aliphatic carbocycles. The number of allylic oxidation sites excluding steroid dienone is 1. The van der Waals surface area contributed by atoms with E-state index in [1.165, 1.54) is 18.7 Å². The molecular formula is C18H26O3. The van der Waals surface area contributed by atoms with E-state index in [0.717, 1.165) is 12.8 Å². The fraction of sp³-hybridized carbons (Fsp3) is 0.500. The normalized spacial score (nSPS) is 14.3. The van der Waals surface area contributed by atoms with Crippen LogP contribution in [0.1, 0.15) is 32.3 Å². The molecule has 0 saturated carbocycles. The van der Waals surface area contributed by atoms with Crippen molar-refractivity contribution in [2.45, 2.75) is 32.1 Å². The molecule has 21 heavy (non-hydrogen) atoms. The van der Waals surface area contributed by atoms with Crippen molar-refractivity contribution in [1.29, 1.82) is 0 Å². The molecule has 1 atom stereocenters. The average Bonchev–Trinajstić information content (AvgIpc) is 2.50. The summed E-state index contributed by atoms with van der Waals surface area (Å²) in [5.74, 6) is 0.128. The zero-order valence-electron chi connectivity index (χ0n) is 13.5. The third-order valence-electron chi connectivity index (χ3n) is 4.07. The van der Waals surface area contributed by atoms with Gasteiger partial charge in [0.1, 0.15) is 0 Å². The molecule has 3 nitrogen and oxygen atoms in total. The Labute approximate surface area is 128 Å². The summed E-state index contributed by atoms with van der Waals surface area (Å²) in [5.41, 5.74) is 1.24. The van der Waals surface area contributed by atoms with Gasteiger partial charge < -0.3 is 9.47 Å². The molecule has 1 unspecified atom stereocenters. The lowest BCUT2D eigenvalue weighted by molar-refractivity contribution is -0.134. The first kappa shape index (κ1) is 17.4. The summed E-state index contributed by atoms with van der Waals surface area (Å²) < 4.78 is 10.1. The molecule has 0 bridgehead atoms. The zero-order valence-corrected chi connectivity index (χ0v) is 13.5. The predicted molar refractivity (Wildman–Crippen MR) is 85.2 cm³/mol. The lowest BCUT2D eigenvalue weighted by atomic mass is 9.69. The van der Waals surface area contributed by atoms with Gasteiger partial charge in [0.2, 0.25) is 0 Å². The van der Waals surface area contributed by atoms with Crippen LogP contribution in [0.15, 0.2) is 42.5 Å². The maximum absolute atomic E-state index is 11.1. The fourth-order valence-electron chi connectivity index (χ4n) is 2.70. The van der Waals surface area contributed by atoms with Gasteiger partial charge in [-0.05, 0) is 24.3 Å². The lowest BCUT2D eigenvalue weighted by Gasteiger charge is -2.37. The van der Waals surface area contributed by atoms with Gasteiger partial charge in [-0.15, -0.1) is 0 Å². The van der Waals surface area contributed by atoms with Crippen LogP contribution in [-0.2, 0) is 19.7 Å². The summed E-state index contributed by atoms with van der Waals surface area (Å²) in [6.07, 6.45) is 5.10. The molecule has 0 N–H and O–H groups in total. The van der Waals surface area contributed by atoms with Crippen LogP contribution >= 0.6 is 0 Å². The number of carbonyl (C=O) groups is 1. The molecule has 1 rings (SSSR count). The van der Waals surface area contributed by atoms with E-state index in [1.54, 1.807) is 7.11 Å². The van der Waals surface area contributed by atoms with Crippen LogP contribution in [0.3, 0.4) is 0 Å². The molecule has 116 valence electrons. The second kappa shape index (κ2) is 8.63. The number of ether oxygens (including phenoxy) is 2. The Morgan fingerprint density at radius 2 is 1.90 bits per heavy atom. The standard InChI is InChI=1S/C18H26O3/c1-15(2)18(14-20-3,16-10-6-5-7-11-16)13-9-8-12-17(19)21-4/h5-8,10-12,15H,9,13-14H2,1-4H3. The van der Waals surface area contributed by atoms with Crippen LogP contribution in [-0.4, -0.2) is 26.8 Å². The SMILES string of the molecule is COCC(CCC=CC(=O)OC)(c1ccccc1)C(C)C. The Morgan fingerprint density at radius 1 is 1.24 bits per heavy atom. The maximum atomic E-state index is 11.1. The fourth-order valence-corrected chi connectivity index (χ4v) is 2.70. The molecule has 0 amide bonds. The van der Waals surface area contributed by atoms with Crippen molar-refractivity contribution >= 4 is 5.97 Å². The second-order valence-electron chi connectivity index (χ2n) is 5.57. The molecule has 3 heteroatoms. The van der Waals surface area contributed by atoms with Crippen molar-refractivity contribution in [1.82, 2.24) is 0 Å². The first-order valence-corrected chi connectivity index (χ1v) is 7.35. The van der Waals surface area contributed by atoms with Crippen LogP contribution in [0, 0.1) is 5.92 Å². The second-order valence-corrected chi connectivity index (χ2v) is 5.57. The van der Waals surface area contributed by atoms with Gasteiger partial charge in [-0.1, -0.05) is 50.3 Å². The van der Waals surface area contributed by atoms with Crippen molar-refractivity contribution in [3.8, 4) is 0 Å². The largest absolute Gasteiger partial charge is 0.466 e. The molecule has 1 aromatic carbocycles. The minimum Gasteiger partial charge on any atom is -0.466 e.